The highest BCUT2D eigenvalue weighted by Gasteiger charge is 2.34. The maximum Gasteiger partial charge on any atom is 0.254 e. The fraction of sp³-hybridized carbons (Fsp3) is 0.263. The summed E-state index contributed by atoms with van der Waals surface area (Å²) in [5, 5.41) is 11.7. The SMILES string of the molecule is O=C(NCc1nnc2ccccn12)[C@@H]1CCCN1C(=O)c1ccc(Cl)c(Cl)c1. The van der Waals surface area contributed by atoms with Crippen LogP contribution in [-0.2, 0) is 11.3 Å². The van der Waals surface area contributed by atoms with Crippen LogP contribution in [0.2, 0.25) is 10.0 Å². The second-order valence-corrected chi connectivity index (χ2v) is 7.36. The van der Waals surface area contributed by atoms with Crippen LogP contribution in [0.15, 0.2) is 42.6 Å². The zero-order valence-corrected chi connectivity index (χ0v) is 16.3. The van der Waals surface area contributed by atoms with Crippen LogP contribution in [0.4, 0.5) is 0 Å². The zero-order valence-electron chi connectivity index (χ0n) is 14.8. The summed E-state index contributed by atoms with van der Waals surface area (Å²) in [5.41, 5.74) is 1.13. The minimum absolute atomic E-state index is 0.210. The lowest BCUT2D eigenvalue weighted by molar-refractivity contribution is -0.125. The van der Waals surface area contributed by atoms with E-state index in [4.69, 9.17) is 23.2 Å². The highest BCUT2D eigenvalue weighted by atomic mass is 35.5. The molecular weight excluding hydrogens is 401 g/mol. The first kappa shape index (κ1) is 18.7. The molecule has 2 amide bonds. The number of carbonyl (C=O) groups is 2. The van der Waals surface area contributed by atoms with Crippen LogP contribution in [0.1, 0.15) is 29.0 Å². The van der Waals surface area contributed by atoms with E-state index in [1.807, 2.05) is 28.8 Å². The van der Waals surface area contributed by atoms with E-state index in [9.17, 15) is 9.59 Å². The summed E-state index contributed by atoms with van der Waals surface area (Å²) < 4.78 is 1.81. The predicted molar refractivity (Wildman–Crippen MR) is 105 cm³/mol. The molecule has 3 heterocycles. The van der Waals surface area contributed by atoms with E-state index >= 15 is 0 Å². The van der Waals surface area contributed by atoms with Crippen molar-refractivity contribution < 1.29 is 9.59 Å². The Morgan fingerprint density at radius 1 is 1.14 bits per heavy atom. The first-order valence-corrected chi connectivity index (χ1v) is 9.62. The summed E-state index contributed by atoms with van der Waals surface area (Å²) in [6, 6.07) is 9.79. The van der Waals surface area contributed by atoms with E-state index in [1.165, 1.54) is 6.07 Å². The molecule has 1 atom stereocenters. The summed E-state index contributed by atoms with van der Waals surface area (Å²) in [7, 11) is 0. The molecule has 3 aromatic rings. The average Bonchev–Trinajstić information content (AvgIpc) is 3.35. The fourth-order valence-electron chi connectivity index (χ4n) is 3.37. The van der Waals surface area contributed by atoms with Crippen LogP contribution in [-0.4, -0.2) is 43.9 Å². The Morgan fingerprint density at radius 3 is 2.82 bits per heavy atom. The highest BCUT2D eigenvalue weighted by Crippen LogP contribution is 2.26. The number of halogens is 2. The van der Waals surface area contributed by atoms with Gasteiger partial charge in [0.25, 0.3) is 5.91 Å². The van der Waals surface area contributed by atoms with Crippen molar-refractivity contribution in [2.45, 2.75) is 25.4 Å². The molecular formula is C19H17Cl2N5O2. The lowest BCUT2D eigenvalue weighted by Gasteiger charge is -2.24. The van der Waals surface area contributed by atoms with Crippen LogP contribution in [0, 0.1) is 0 Å². The molecule has 0 aliphatic carbocycles. The number of hydrogen-bond donors (Lipinski definition) is 1. The van der Waals surface area contributed by atoms with Gasteiger partial charge in [-0.2, -0.15) is 0 Å². The van der Waals surface area contributed by atoms with Gasteiger partial charge in [-0.1, -0.05) is 29.3 Å². The van der Waals surface area contributed by atoms with Crippen molar-refractivity contribution in [3.8, 4) is 0 Å². The quantitative estimate of drug-likeness (QED) is 0.707. The molecule has 9 heteroatoms. The highest BCUT2D eigenvalue weighted by molar-refractivity contribution is 6.42. The maximum atomic E-state index is 12.9. The number of nitrogens with one attached hydrogen (secondary N) is 1. The Balaban J connectivity index is 1.46. The minimum atomic E-state index is -0.527. The molecule has 28 heavy (non-hydrogen) atoms. The molecule has 1 fully saturated rings. The van der Waals surface area contributed by atoms with E-state index in [-0.39, 0.29) is 18.4 Å². The molecule has 7 nitrogen and oxygen atoms in total. The molecule has 2 aromatic heterocycles. The van der Waals surface area contributed by atoms with Crippen LogP contribution < -0.4 is 5.32 Å². The third-order valence-corrected chi connectivity index (χ3v) is 5.53. The minimum Gasteiger partial charge on any atom is -0.347 e. The average molecular weight is 418 g/mol. The van der Waals surface area contributed by atoms with Crippen LogP contribution >= 0.6 is 23.2 Å². The second kappa shape index (κ2) is 7.77. The molecule has 0 bridgehead atoms. The molecule has 1 saturated heterocycles. The van der Waals surface area contributed by atoms with Crippen molar-refractivity contribution in [1.82, 2.24) is 24.8 Å². The summed E-state index contributed by atoms with van der Waals surface area (Å²) in [6.07, 6.45) is 3.21. The van der Waals surface area contributed by atoms with Crippen molar-refractivity contribution in [3.63, 3.8) is 0 Å². The number of nitrogens with zero attached hydrogens (tertiary/aromatic N) is 4. The van der Waals surface area contributed by atoms with Crippen LogP contribution in [0.5, 0.6) is 0 Å². The number of pyridine rings is 1. The molecule has 1 aliphatic heterocycles. The number of likely N-dealkylation sites (tertiary alicyclic amines) is 1. The Labute approximate surface area is 171 Å². The first-order chi connectivity index (χ1) is 13.5. The molecule has 4 rings (SSSR count). The van der Waals surface area contributed by atoms with Gasteiger partial charge in [-0.3, -0.25) is 14.0 Å². The fourth-order valence-corrected chi connectivity index (χ4v) is 3.67. The van der Waals surface area contributed by atoms with Gasteiger partial charge in [0.05, 0.1) is 16.6 Å². The summed E-state index contributed by atoms with van der Waals surface area (Å²) in [4.78, 5) is 27.2. The number of hydrogen-bond acceptors (Lipinski definition) is 4. The Morgan fingerprint density at radius 2 is 2.00 bits per heavy atom. The summed E-state index contributed by atoms with van der Waals surface area (Å²) >= 11 is 11.9. The van der Waals surface area contributed by atoms with Gasteiger partial charge in [-0.15, -0.1) is 10.2 Å². The van der Waals surface area contributed by atoms with E-state index < -0.39 is 6.04 Å². The molecule has 1 N–H and O–H groups in total. The molecule has 0 unspecified atom stereocenters. The molecule has 144 valence electrons. The lowest BCUT2D eigenvalue weighted by Crippen LogP contribution is -2.45. The van der Waals surface area contributed by atoms with Crippen LogP contribution in [0.25, 0.3) is 5.65 Å². The van der Waals surface area contributed by atoms with Crippen LogP contribution in [0.3, 0.4) is 0 Å². The van der Waals surface area contributed by atoms with Gasteiger partial charge in [0.2, 0.25) is 5.91 Å². The number of benzene rings is 1. The van der Waals surface area contributed by atoms with Gasteiger partial charge in [-0.25, -0.2) is 0 Å². The molecule has 1 aliphatic rings. The molecule has 0 spiro atoms. The van der Waals surface area contributed by atoms with Crippen molar-refractivity contribution in [2.75, 3.05) is 6.54 Å². The van der Waals surface area contributed by atoms with Gasteiger partial charge in [0, 0.05) is 18.3 Å². The normalized spacial score (nSPS) is 16.5. The Bertz CT molecular complexity index is 1050. The van der Waals surface area contributed by atoms with Gasteiger partial charge < -0.3 is 10.2 Å². The number of amides is 2. The number of rotatable bonds is 4. The Hall–Kier alpha value is -2.64. The number of fused-ring (bicyclic) bond motifs is 1. The third kappa shape index (κ3) is 3.55. The third-order valence-electron chi connectivity index (χ3n) is 4.79. The lowest BCUT2D eigenvalue weighted by atomic mass is 10.1. The number of aromatic nitrogens is 3. The van der Waals surface area contributed by atoms with Gasteiger partial charge >= 0.3 is 0 Å². The Kier molecular flexibility index (Phi) is 5.19. The standard InChI is InChI=1S/C19H17Cl2N5O2/c20-13-7-6-12(10-14(13)21)19(28)25-9-3-4-15(25)18(27)22-11-17-24-23-16-5-1-2-8-26(16)17/h1-2,5-8,10,15H,3-4,9,11H2,(H,22,27)/t15-/m0/s1. The van der Waals surface area contributed by atoms with Crippen molar-refractivity contribution in [2.24, 2.45) is 0 Å². The first-order valence-electron chi connectivity index (χ1n) is 8.87. The van der Waals surface area contributed by atoms with E-state index in [0.29, 0.717) is 40.0 Å². The largest absolute Gasteiger partial charge is 0.347 e. The zero-order chi connectivity index (χ0) is 19.7. The summed E-state index contributed by atoms with van der Waals surface area (Å²) in [6.45, 7) is 0.750. The van der Waals surface area contributed by atoms with Crippen molar-refractivity contribution >= 4 is 40.7 Å². The van der Waals surface area contributed by atoms with Gasteiger partial charge in [0.1, 0.15) is 6.04 Å². The maximum absolute atomic E-state index is 12.9. The monoisotopic (exact) mass is 417 g/mol. The van der Waals surface area contributed by atoms with Crippen molar-refractivity contribution in [1.29, 1.82) is 0 Å². The molecule has 0 saturated carbocycles. The van der Waals surface area contributed by atoms with Gasteiger partial charge in [-0.05, 0) is 43.2 Å². The van der Waals surface area contributed by atoms with Crippen molar-refractivity contribution in [3.05, 3.63) is 64.0 Å². The second-order valence-electron chi connectivity index (χ2n) is 6.55. The summed E-state index contributed by atoms with van der Waals surface area (Å²) in [5.74, 6) is 0.187. The molecule has 1 aromatic carbocycles. The molecule has 0 radical (unpaired) electrons. The van der Waals surface area contributed by atoms with E-state index in [2.05, 4.69) is 15.5 Å². The number of carbonyl (C=O) groups excluding carboxylic acids is 2. The smallest absolute Gasteiger partial charge is 0.254 e. The van der Waals surface area contributed by atoms with E-state index in [0.717, 1.165) is 6.42 Å². The van der Waals surface area contributed by atoms with E-state index in [1.54, 1.807) is 17.0 Å². The predicted octanol–water partition coefficient (Wildman–Crippen LogP) is 2.96. The van der Waals surface area contributed by atoms with Gasteiger partial charge in [0.15, 0.2) is 11.5 Å². The topological polar surface area (TPSA) is 79.6 Å².